The molecule has 2 rings (SSSR count). The second-order valence-corrected chi connectivity index (χ2v) is 4.03. The molecule has 1 aliphatic heterocycles. The number of cyclic esters (lactones) is 1. The normalized spacial score (nSPS) is 20.2. The van der Waals surface area contributed by atoms with Crippen molar-refractivity contribution in [1.29, 1.82) is 0 Å². The molecular formula is C12H14ClF2NO4. The summed E-state index contributed by atoms with van der Waals surface area (Å²) >= 11 is 0. The molecule has 1 aliphatic rings. The van der Waals surface area contributed by atoms with Crippen molar-refractivity contribution in [3.05, 3.63) is 23.8 Å². The lowest BCUT2D eigenvalue weighted by Gasteiger charge is -2.32. The number of ether oxygens (including phenoxy) is 3. The first-order valence-corrected chi connectivity index (χ1v) is 5.51. The van der Waals surface area contributed by atoms with Crippen molar-refractivity contribution in [3.8, 4) is 11.5 Å². The van der Waals surface area contributed by atoms with E-state index in [1.165, 1.54) is 32.4 Å². The number of methoxy groups -OCH3 is 2. The molecule has 1 fully saturated rings. The summed E-state index contributed by atoms with van der Waals surface area (Å²) in [5, 5.41) is 2.10. The Morgan fingerprint density at radius 1 is 1.30 bits per heavy atom. The Balaban J connectivity index is 0.00000200. The van der Waals surface area contributed by atoms with Gasteiger partial charge < -0.3 is 19.5 Å². The van der Waals surface area contributed by atoms with Crippen LogP contribution < -0.4 is 14.8 Å². The maximum absolute atomic E-state index is 13.7. The first-order chi connectivity index (χ1) is 8.97. The third-order valence-electron chi connectivity index (χ3n) is 2.82. The summed E-state index contributed by atoms with van der Waals surface area (Å²) in [7, 11) is 2.85. The second-order valence-electron chi connectivity index (χ2n) is 4.03. The minimum Gasteiger partial charge on any atom is -0.493 e. The molecule has 0 bridgehead atoms. The van der Waals surface area contributed by atoms with Crippen LogP contribution in [-0.2, 0) is 4.74 Å². The van der Waals surface area contributed by atoms with Gasteiger partial charge in [-0.3, -0.25) is 0 Å². The second kappa shape index (κ2) is 6.13. The van der Waals surface area contributed by atoms with Gasteiger partial charge in [-0.2, -0.15) is 0 Å². The summed E-state index contributed by atoms with van der Waals surface area (Å²) in [4.78, 5) is 11.1. The molecule has 0 radical (unpaired) electrons. The van der Waals surface area contributed by atoms with Gasteiger partial charge in [0.05, 0.1) is 14.2 Å². The van der Waals surface area contributed by atoms with Gasteiger partial charge in [-0.05, 0) is 17.7 Å². The van der Waals surface area contributed by atoms with Crippen molar-refractivity contribution in [1.82, 2.24) is 5.32 Å². The van der Waals surface area contributed by atoms with E-state index in [9.17, 15) is 13.6 Å². The van der Waals surface area contributed by atoms with Crippen LogP contribution in [0.15, 0.2) is 18.2 Å². The van der Waals surface area contributed by atoms with Crippen LogP contribution in [0.25, 0.3) is 0 Å². The van der Waals surface area contributed by atoms with E-state index < -0.39 is 24.7 Å². The summed E-state index contributed by atoms with van der Waals surface area (Å²) in [5.41, 5.74) is 0.222. The number of alkyl halides is 2. The van der Waals surface area contributed by atoms with E-state index in [1.54, 1.807) is 0 Å². The molecule has 1 N–H and O–H groups in total. The van der Waals surface area contributed by atoms with E-state index in [0.29, 0.717) is 11.5 Å². The smallest absolute Gasteiger partial charge is 0.408 e. The van der Waals surface area contributed by atoms with E-state index in [1.807, 2.05) is 0 Å². The third-order valence-corrected chi connectivity index (χ3v) is 2.82. The summed E-state index contributed by atoms with van der Waals surface area (Å²) in [6, 6.07) is 2.91. The lowest BCUT2D eigenvalue weighted by atomic mass is 9.99. The Kier molecular flexibility index (Phi) is 4.99. The predicted octanol–water partition coefficient (Wildman–Crippen LogP) is 2.54. The van der Waals surface area contributed by atoms with Crippen molar-refractivity contribution < 1.29 is 27.8 Å². The van der Waals surface area contributed by atoms with Gasteiger partial charge in [0, 0.05) is 0 Å². The van der Waals surface area contributed by atoms with E-state index in [2.05, 4.69) is 10.1 Å². The number of halogens is 3. The van der Waals surface area contributed by atoms with Crippen LogP contribution in [0.4, 0.5) is 13.6 Å². The molecule has 1 saturated heterocycles. The molecule has 5 nitrogen and oxygen atoms in total. The summed E-state index contributed by atoms with van der Waals surface area (Å²) in [6.45, 7) is -0.947. The summed E-state index contributed by atoms with van der Waals surface area (Å²) < 4.78 is 41.8. The van der Waals surface area contributed by atoms with Crippen LogP contribution in [0.1, 0.15) is 11.6 Å². The highest BCUT2D eigenvalue weighted by Crippen LogP contribution is 2.38. The lowest BCUT2D eigenvalue weighted by molar-refractivity contribution is -0.104. The number of hydrogen-bond donors (Lipinski definition) is 1. The van der Waals surface area contributed by atoms with Gasteiger partial charge >= 0.3 is 12.0 Å². The van der Waals surface area contributed by atoms with Crippen molar-refractivity contribution in [2.24, 2.45) is 0 Å². The lowest BCUT2D eigenvalue weighted by Crippen LogP contribution is -2.49. The Labute approximate surface area is 120 Å². The number of carbonyl (C=O) groups is 1. The number of nitrogens with one attached hydrogen (secondary N) is 1. The van der Waals surface area contributed by atoms with Gasteiger partial charge in [0.15, 0.2) is 18.1 Å². The topological polar surface area (TPSA) is 56.8 Å². The van der Waals surface area contributed by atoms with Gasteiger partial charge in [-0.1, -0.05) is 6.07 Å². The van der Waals surface area contributed by atoms with Gasteiger partial charge in [0.1, 0.15) is 6.04 Å². The summed E-state index contributed by atoms with van der Waals surface area (Å²) in [6.07, 6.45) is -0.870. The summed E-state index contributed by atoms with van der Waals surface area (Å²) in [5.74, 6) is -2.45. The third kappa shape index (κ3) is 3.04. The fraction of sp³-hybridized carbons (Fsp3) is 0.417. The Hall–Kier alpha value is -1.76. The number of carbonyl (C=O) groups excluding carboxylic acids is 1. The highest BCUT2D eigenvalue weighted by atomic mass is 35.5. The van der Waals surface area contributed by atoms with Crippen LogP contribution >= 0.6 is 12.4 Å². The molecule has 1 heterocycles. The number of hydrogen-bond acceptors (Lipinski definition) is 4. The largest absolute Gasteiger partial charge is 0.493 e. The molecular weight excluding hydrogens is 296 g/mol. The van der Waals surface area contributed by atoms with Gasteiger partial charge in [0.2, 0.25) is 0 Å². The van der Waals surface area contributed by atoms with Crippen molar-refractivity contribution in [2.45, 2.75) is 12.0 Å². The van der Waals surface area contributed by atoms with Crippen LogP contribution in [0.3, 0.4) is 0 Å². The van der Waals surface area contributed by atoms with E-state index in [4.69, 9.17) is 9.47 Å². The standard InChI is InChI=1S/C12H13F2NO4.ClH/c1-17-8-4-3-7(5-9(8)18-2)10-12(13,14)6-19-11(16)15-10;/h3-5,10H,6H2,1-2H3,(H,15,16);1H/t10-;/m0./s1. The average Bonchev–Trinajstić information content (AvgIpc) is 2.40. The highest BCUT2D eigenvalue weighted by molar-refractivity contribution is 5.85. The highest BCUT2D eigenvalue weighted by Gasteiger charge is 2.47. The van der Waals surface area contributed by atoms with E-state index in [0.717, 1.165) is 0 Å². The fourth-order valence-electron chi connectivity index (χ4n) is 1.87. The Bertz CT molecular complexity index is 498. The zero-order chi connectivity index (χ0) is 14.0. The monoisotopic (exact) mass is 309 g/mol. The fourth-order valence-corrected chi connectivity index (χ4v) is 1.87. The number of benzene rings is 1. The SMILES string of the molecule is COc1ccc([C@@H]2NC(=O)OCC2(F)F)cc1OC.Cl. The van der Waals surface area contributed by atoms with Gasteiger partial charge in [-0.25, -0.2) is 13.6 Å². The molecule has 1 atom stereocenters. The van der Waals surface area contributed by atoms with Crippen molar-refractivity contribution >= 4 is 18.5 Å². The number of amides is 1. The number of alkyl carbamates (subject to hydrolysis) is 1. The molecule has 0 aliphatic carbocycles. The molecule has 112 valence electrons. The Morgan fingerprint density at radius 2 is 1.95 bits per heavy atom. The molecule has 0 aromatic heterocycles. The molecule has 1 aromatic rings. The van der Waals surface area contributed by atoms with Crippen molar-refractivity contribution in [3.63, 3.8) is 0 Å². The van der Waals surface area contributed by atoms with Crippen molar-refractivity contribution in [2.75, 3.05) is 20.8 Å². The number of rotatable bonds is 3. The molecule has 20 heavy (non-hydrogen) atoms. The first kappa shape index (κ1) is 16.3. The minimum atomic E-state index is -3.19. The predicted molar refractivity (Wildman–Crippen MR) is 69.0 cm³/mol. The van der Waals surface area contributed by atoms with Gasteiger partial charge in [0.25, 0.3) is 0 Å². The van der Waals surface area contributed by atoms with Crippen LogP contribution in [0, 0.1) is 0 Å². The molecule has 0 unspecified atom stereocenters. The zero-order valence-corrected chi connectivity index (χ0v) is 11.6. The molecule has 8 heteroatoms. The van der Waals surface area contributed by atoms with E-state index in [-0.39, 0.29) is 18.0 Å². The molecule has 1 aromatic carbocycles. The average molecular weight is 310 g/mol. The molecule has 0 saturated carbocycles. The minimum absolute atomic E-state index is 0. The van der Waals surface area contributed by atoms with E-state index >= 15 is 0 Å². The van der Waals surface area contributed by atoms with Crippen LogP contribution in [0.2, 0.25) is 0 Å². The molecule has 0 spiro atoms. The quantitative estimate of drug-likeness (QED) is 0.932. The first-order valence-electron chi connectivity index (χ1n) is 5.51. The maximum atomic E-state index is 13.7. The van der Waals surface area contributed by atoms with Crippen LogP contribution in [0.5, 0.6) is 11.5 Å². The maximum Gasteiger partial charge on any atom is 0.408 e. The van der Waals surface area contributed by atoms with Crippen LogP contribution in [-0.4, -0.2) is 32.8 Å². The Morgan fingerprint density at radius 3 is 2.55 bits per heavy atom. The van der Waals surface area contributed by atoms with Gasteiger partial charge in [-0.15, -0.1) is 12.4 Å². The zero-order valence-electron chi connectivity index (χ0n) is 10.8. The molecule has 1 amide bonds.